The van der Waals surface area contributed by atoms with E-state index in [0.717, 1.165) is 6.07 Å². The van der Waals surface area contributed by atoms with Crippen LogP contribution < -0.4 is 19.6 Å². The van der Waals surface area contributed by atoms with Gasteiger partial charge in [-0.05, 0) is 31.2 Å². The molecule has 0 saturated carbocycles. The highest BCUT2D eigenvalue weighted by molar-refractivity contribution is 6.40. The van der Waals surface area contributed by atoms with Crippen LogP contribution in [0.1, 0.15) is 22.8 Å². The largest absolute Gasteiger partial charge is 0.493 e. The fraction of sp³-hybridized carbons (Fsp3) is 0.222. The summed E-state index contributed by atoms with van der Waals surface area (Å²) in [5.74, 6) is -0.189. The molecule has 0 bridgehead atoms. The number of methoxy groups -OCH3 is 3. The lowest BCUT2D eigenvalue weighted by molar-refractivity contribution is 0.0954. The van der Waals surface area contributed by atoms with Crippen molar-refractivity contribution in [2.75, 3.05) is 21.3 Å². The average molecular weight is 415 g/mol. The minimum atomic E-state index is -0.637. The first-order valence-electron chi connectivity index (χ1n) is 7.62. The van der Waals surface area contributed by atoms with Crippen LogP contribution in [0.2, 0.25) is 10.0 Å². The van der Waals surface area contributed by atoms with Crippen LogP contribution in [-0.4, -0.2) is 32.9 Å². The molecule has 27 heavy (non-hydrogen) atoms. The Labute approximate surface area is 165 Å². The fourth-order valence-electron chi connectivity index (χ4n) is 2.33. The smallest absolute Gasteiger partial charge is 0.271 e. The van der Waals surface area contributed by atoms with E-state index in [1.165, 1.54) is 39.5 Å². The van der Waals surface area contributed by atoms with E-state index in [1.54, 1.807) is 6.92 Å². The number of ether oxygens (including phenoxy) is 3. The Balaban J connectivity index is 2.33. The Hall–Kier alpha value is -2.51. The van der Waals surface area contributed by atoms with Gasteiger partial charge >= 0.3 is 0 Å². The third kappa shape index (κ3) is 4.43. The summed E-state index contributed by atoms with van der Waals surface area (Å²) in [6, 6.07) is 5.46. The average Bonchev–Trinajstić information content (AvgIpc) is 2.67. The number of nitrogens with one attached hydrogen (secondary N) is 1. The van der Waals surface area contributed by atoms with Crippen molar-refractivity contribution in [2.24, 2.45) is 5.10 Å². The number of halogens is 3. The van der Waals surface area contributed by atoms with Crippen LogP contribution in [0.5, 0.6) is 17.2 Å². The van der Waals surface area contributed by atoms with Crippen molar-refractivity contribution < 1.29 is 23.4 Å². The quantitative estimate of drug-likeness (QED) is 0.434. The van der Waals surface area contributed by atoms with Crippen LogP contribution in [0.3, 0.4) is 0 Å². The lowest BCUT2D eigenvalue weighted by atomic mass is 10.1. The van der Waals surface area contributed by atoms with Crippen LogP contribution in [0.4, 0.5) is 4.39 Å². The number of hydrogen-bond donors (Lipinski definition) is 1. The van der Waals surface area contributed by atoms with E-state index in [9.17, 15) is 9.18 Å². The summed E-state index contributed by atoms with van der Waals surface area (Å²) in [7, 11) is 4.34. The maximum absolute atomic E-state index is 13.6. The molecule has 0 saturated heterocycles. The highest BCUT2D eigenvalue weighted by Crippen LogP contribution is 2.38. The highest BCUT2D eigenvalue weighted by atomic mass is 35.5. The SMILES string of the molecule is COc1cc(C(=O)N/N=C(/C)c2c(Cl)ccc(F)c2Cl)cc(OC)c1OC. The molecule has 0 fully saturated rings. The van der Waals surface area contributed by atoms with Gasteiger partial charge in [0.15, 0.2) is 11.5 Å². The monoisotopic (exact) mass is 414 g/mol. The van der Waals surface area contributed by atoms with Crippen LogP contribution in [0.15, 0.2) is 29.4 Å². The Morgan fingerprint density at radius 3 is 2.19 bits per heavy atom. The molecule has 0 aromatic heterocycles. The van der Waals surface area contributed by atoms with Gasteiger partial charge in [0.05, 0.1) is 37.1 Å². The molecule has 0 spiro atoms. The minimum Gasteiger partial charge on any atom is -0.493 e. The zero-order chi connectivity index (χ0) is 20.1. The van der Waals surface area contributed by atoms with E-state index in [2.05, 4.69) is 10.5 Å². The summed E-state index contributed by atoms with van der Waals surface area (Å²) in [6.07, 6.45) is 0. The van der Waals surface area contributed by atoms with Crippen LogP contribution >= 0.6 is 23.2 Å². The Kier molecular flexibility index (Phi) is 6.87. The lowest BCUT2D eigenvalue weighted by Gasteiger charge is -2.13. The van der Waals surface area contributed by atoms with Gasteiger partial charge in [0.25, 0.3) is 5.91 Å². The molecule has 0 aliphatic rings. The number of benzene rings is 2. The van der Waals surface area contributed by atoms with Gasteiger partial charge in [-0.25, -0.2) is 9.82 Å². The molecule has 144 valence electrons. The molecule has 0 aliphatic heterocycles. The predicted molar refractivity (Wildman–Crippen MR) is 102 cm³/mol. The van der Waals surface area contributed by atoms with Gasteiger partial charge < -0.3 is 14.2 Å². The Bertz CT molecular complexity index is 878. The van der Waals surface area contributed by atoms with Gasteiger partial charge in [-0.3, -0.25) is 4.79 Å². The van der Waals surface area contributed by atoms with Crippen molar-refractivity contribution >= 4 is 34.8 Å². The van der Waals surface area contributed by atoms with Crippen molar-refractivity contribution in [2.45, 2.75) is 6.92 Å². The van der Waals surface area contributed by atoms with Gasteiger partial charge in [-0.2, -0.15) is 5.10 Å². The summed E-state index contributed by atoms with van der Waals surface area (Å²) in [5, 5.41) is 3.99. The van der Waals surface area contributed by atoms with E-state index in [4.69, 9.17) is 37.4 Å². The molecule has 2 aromatic carbocycles. The van der Waals surface area contributed by atoms with Gasteiger partial charge in [0.1, 0.15) is 5.82 Å². The van der Waals surface area contributed by atoms with Crippen molar-refractivity contribution in [3.05, 3.63) is 51.3 Å². The molecule has 2 rings (SSSR count). The van der Waals surface area contributed by atoms with E-state index >= 15 is 0 Å². The number of hydrogen-bond acceptors (Lipinski definition) is 5. The first-order valence-corrected chi connectivity index (χ1v) is 8.38. The molecule has 1 N–H and O–H groups in total. The molecule has 0 aliphatic carbocycles. The lowest BCUT2D eigenvalue weighted by Crippen LogP contribution is -2.20. The summed E-state index contributed by atoms with van der Waals surface area (Å²) in [6.45, 7) is 1.54. The molecule has 6 nitrogen and oxygen atoms in total. The van der Waals surface area contributed by atoms with Crippen molar-refractivity contribution in [1.82, 2.24) is 5.43 Å². The molecule has 1 amide bonds. The zero-order valence-corrected chi connectivity index (χ0v) is 16.5. The fourth-order valence-corrected chi connectivity index (χ4v) is 2.97. The van der Waals surface area contributed by atoms with Crippen LogP contribution in [-0.2, 0) is 0 Å². The van der Waals surface area contributed by atoms with E-state index < -0.39 is 11.7 Å². The number of nitrogens with zero attached hydrogens (tertiary/aromatic N) is 1. The first kappa shape index (κ1) is 20.8. The number of hydrazone groups is 1. The molecule has 0 atom stereocenters. The minimum absolute atomic E-state index is 0.175. The van der Waals surface area contributed by atoms with Gasteiger partial charge in [-0.1, -0.05) is 23.2 Å². The third-order valence-corrected chi connectivity index (χ3v) is 4.34. The summed E-state index contributed by atoms with van der Waals surface area (Å²) in [5.41, 5.74) is 3.03. The second-order valence-electron chi connectivity index (χ2n) is 5.27. The van der Waals surface area contributed by atoms with Crippen molar-refractivity contribution in [1.29, 1.82) is 0 Å². The second kappa shape index (κ2) is 8.92. The predicted octanol–water partition coefficient (Wildman–Crippen LogP) is 4.31. The van der Waals surface area contributed by atoms with E-state index in [1.807, 2.05) is 0 Å². The van der Waals surface area contributed by atoms with Crippen molar-refractivity contribution in [3.63, 3.8) is 0 Å². The standard InChI is InChI=1S/C18H17Cl2FN2O4/c1-9(15-11(19)5-6-12(21)16(15)20)22-23-18(24)10-7-13(25-2)17(27-4)14(8-10)26-3/h5-8H,1-4H3,(H,23,24)/b22-9-. The molecule has 0 heterocycles. The van der Waals surface area contributed by atoms with E-state index in [-0.39, 0.29) is 26.9 Å². The van der Waals surface area contributed by atoms with Gasteiger partial charge in [0.2, 0.25) is 5.75 Å². The molecule has 0 radical (unpaired) electrons. The highest BCUT2D eigenvalue weighted by Gasteiger charge is 2.18. The van der Waals surface area contributed by atoms with E-state index in [0.29, 0.717) is 17.2 Å². The Morgan fingerprint density at radius 1 is 1.07 bits per heavy atom. The zero-order valence-electron chi connectivity index (χ0n) is 15.0. The first-order chi connectivity index (χ1) is 12.8. The van der Waals surface area contributed by atoms with Crippen LogP contribution in [0.25, 0.3) is 0 Å². The molecule has 0 unspecified atom stereocenters. The second-order valence-corrected chi connectivity index (χ2v) is 6.06. The molecular weight excluding hydrogens is 398 g/mol. The number of carbonyl (C=O) groups is 1. The van der Waals surface area contributed by atoms with Crippen LogP contribution in [0, 0.1) is 5.82 Å². The Morgan fingerprint density at radius 2 is 1.67 bits per heavy atom. The van der Waals surface area contributed by atoms with Crippen molar-refractivity contribution in [3.8, 4) is 17.2 Å². The third-order valence-electron chi connectivity index (χ3n) is 3.66. The topological polar surface area (TPSA) is 69.2 Å². The summed E-state index contributed by atoms with van der Waals surface area (Å²) < 4.78 is 29.3. The normalized spacial score (nSPS) is 11.1. The summed E-state index contributed by atoms with van der Waals surface area (Å²) >= 11 is 12.0. The maximum atomic E-state index is 13.6. The van der Waals surface area contributed by atoms with Gasteiger partial charge in [0, 0.05) is 11.1 Å². The number of carbonyl (C=O) groups excluding carboxylic acids is 1. The molecule has 9 heteroatoms. The molecule has 2 aromatic rings. The number of amides is 1. The van der Waals surface area contributed by atoms with Gasteiger partial charge in [-0.15, -0.1) is 0 Å². The molecular formula is C18H17Cl2FN2O4. The summed E-state index contributed by atoms with van der Waals surface area (Å²) in [4.78, 5) is 12.4. The maximum Gasteiger partial charge on any atom is 0.271 e. The number of rotatable bonds is 6.